The zero-order chi connectivity index (χ0) is 19.5. The van der Waals surface area contributed by atoms with Crippen LogP contribution in [-0.4, -0.2) is 30.5 Å². The van der Waals surface area contributed by atoms with Crippen LogP contribution in [0.1, 0.15) is 22.4 Å². The molecule has 3 nitrogen and oxygen atoms in total. The van der Waals surface area contributed by atoms with E-state index in [1.807, 2.05) is 19.0 Å². The summed E-state index contributed by atoms with van der Waals surface area (Å²) < 4.78 is 66.3. The molecule has 0 radical (unpaired) electrons. The number of nitrogens with zero attached hydrogens (tertiary/aromatic N) is 2. The van der Waals surface area contributed by atoms with Crippen molar-refractivity contribution in [3.8, 4) is 0 Å². The number of alkyl halides is 3. The molecular formula is C18H20F5N3. The van der Waals surface area contributed by atoms with Crippen LogP contribution in [-0.2, 0) is 25.4 Å². The van der Waals surface area contributed by atoms with Crippen molar-refractivity contribution >= 4 is 5.82 Å². The second-order valence-corrected chi connectivity index (χ2v) is 6.37. The minimum atomic E-state index is -4.55. The van der Waals surface area contributed by atoms with Gasteiger partial charge in [0.15, 0.2) is 11.6 Å². The van der Waals surface area contributed by atoms with Crippen molar-refractivity contribution in [2.24, 2.45) is 0 Å². The molecule has 0 bridgehead atoms. The molecule has 0 saturated carbocycles. The zero-order valence-electron chi connectivity index (χ0n) is 14.5. The fourth-order valence-electron chi connectivity index (χ4n) is 2.55. The predicted molar refractivity (Wildman–Crippen MR) is 89.7 cm³/mol. The van der Waals surface area contributed by atoms with Gasteiger partial charge < -0.3 is 10.6 Å². The topological polar surface area (TPSA) is 42.1 Å². The van der Waals surface area contributed by atoms with Crippen molar-refractivity contribution in [2.75, 3.05) is 26.4 Å². The average molecular weight is 373 g/mol. The number of nitrogens with two attached hydrogens (primary N) is 1. The number of hydrogen-bond donors (Lipinski definition) is 1. The van der Waals surface area contributed by atoms with Crippen molar-refractivity contribution in [1.82, 2.24) is 9.88 Å². The number of nitrogen functional groups attached to an aromatic ring is 1. The van der Waals surface area contributed by atoms with Gasteiger partial charge in [-0.2, -0.15) is 13.2 Å². The highest BCUT2D eigenvalue weighted by molar-refractivity contribution is 5.37. The Labute approximate surface area is 148 Å². The first-order valence-electron chi connectivity index (χ1n) is 8.01. The van der Waals surface area contributed by atoms with Gasteiger partial charge in [0.2, 0.25) is 0 Å². The molecule has 0 fully saturated rings. The van der Waals surface area contributed by atoms with Gasteiger partial charge in [0.25, 0.3) is 0 Å². The Kier molecular flexibility index (Phi) is 6.17. The Hall–Kier alpha value is -2.22. The Morgan fingerprint density at radius 3 is 2.31 bits per heavy atom. The summed E-state index contributed by atoms with van der Waals surface area (Å²) >= 11 is 0. The Morgan fingerprint density at radius 1 is 1.00 bits per heavy atom. The van der Waals surface area contributed by atoms with Crippen LogP contribution in [0.25, 0.3) is 0 Å². The van der Waals surface area contributed by atoms with Gasteiger partial charge in [0.05, 0.1) is 5.56 Å². The first-order chi connectivity index (χ1) is 12.1. The molecule has 1 aromatic heterocycles. The van der Waals surface area contributed by atoms with Gasteiger partial charge in [-0.15, -0.1) is 0 Å². The van der Waals surface area contributed by atoms with E-state index < -0.39 is 23.4 Å². The molecule has 0 amide bonds. The van der Waals surface area contributed by atoms with Crippen LogP contribution < -0.4 is 5.73 Å². The molecule has 2 rings (SSSR count). The van der Waals surface area contributed by atoms with Crippen molar-refractivity contribution in [3.63, 3.8) is 0 Å². The second-order valence-electron chi connectivity index (χ2n) is 6.37. The lowest BCUT2D eigenvalue weighted by atomic mass is 10.0. The first-order valence-corrected chi connectivity index (χ1v) is 8.01. The predicted octanol–water partition coefficient (Wildman–Crippen LogP) is 3.85. The number of aryl methyl sites for hydroxylation is 2. The van der Waals surface area contributed by atoms with Gasteiger partial charge in [0, 0.05) is 12.2 Å². The third-order valence-corrected chi connectivity index (χ3v) is 3.89. The maximum Gasteiger partial charge on any atom is 0.416 e. The van der Waals surface area contributed by atoms with Gasteiger partial charge >= 0.3 is 6.18 Å². The van der Waals surface area contributed by atoms with E-state index in [2.05, 4.69) is 4.98 Å². The smallest absolute Gasteiger partial charge is 0.384 e. The van der Waals surface area contributed by atoms with E-state index in [1.165, 1.54) is 0 Å². The van der Waals surface area contributed by atoms with Crippen LogP contribution >= 0.6 is 0 Å². The third kappa shape index (κ3) is 5.39. The highest BCUT2D eigenvalue weighted by Crippen LogP contribution is 2.30. The standard InChI is InChI=1S/C18H20F5N3/c1-26(2)6-5-11-7-12(17(20)15(19)8-11)3-4-14-9-13(18(21,22)23)10-16(24)25-14/h7-10H,3-6H2,1-2H3,(H2,24,25). The minimum absolute atomic E-state index is 0.0155. The van der Waals surface area contributed by atoms with Gasteiger partial charge in [-0.05, 0) is 62.7 Å². The fourth-order valence-corrected chi connectivity index (χ4v) is 2.55. The second kappa shape index (κ2) is 7.99. The van der Waals surface area contributed by atoms with Gasteiger partial charge in [-0.25, -0.2) is 13.8 Å². The van der Waals surface area contributed by atoms with Crippen molar-refractivity contribution < 1.29 is 22.0 Å². The Bertz CT molecular complexity index is 772. The number of hydrogen-bond acceptors (Lipinski definition) is 3. The van der Waals surface area contributed by atoms with Crippen LogP contribution in [0.15, 0.2) is 24.3 Å². The Morgan fingerprint density at radius 2 is 1.69 bits per heavy atom. The highest BCUT2D eigenvalue weighted by Gasteiger charge is 2.31. The van der Waals surface area contributed by atoms with Crippen molar-refractivity contribution in [2.45, 2.75) is 25.4 Å². The quantitative estimate of drug-likeness (QED) is 0.782. The average Bonchev–Trinajstić information content (AvgIpc) is 2.53. The maximum atomic E-state index is 14.0. The zero-order valence-corrected chi connectivity index (χ0v) is 14.5. The molecule has 2 aromatic rings. The number of pyridine rings is 1. The molecule has 0 aliphatic heterocycles. The normalized spacial score (nSPS) is 12.0. The van der Waals surface area contributed by atoms with E-state index in [0.717, 1.165) is 18.2 Å². The SMILES string of the molecule is CN(C)CCc1cc(F)c(F)c(CCc2cc(C(F)(F)F)cc(N)n2)c1. The van der Waals surface area contributed by atoms with Crippen LogP contribution in [0.4, 0.5) is 27.8 Å². The van der Waals surface area contributed by atoms with E-state index in [1.54, 1.807) is 6.07 Å². The van der Waals surface area contributed by atoms with Crippen molar-refractivity contribution in [3.05, 3.63) is 58.3 Å². The Balaban J connectivity index is 2.20. The van der Waals surface area contributed by atoms with Crippen LogP contribution in [0.2, 0.25) is 0 Å². The first kappa shape index (κ1) is 20.1. The number of likely N-dealkylation sites (N-methyl/N-ethyl adjacent to an activating group) is 1. The lowest BCUT2D eigenvalue weighted by molar-refractivity contribution is -0.137. The molecule has 1 heterocycles. The number of benzene rings is 1. The minimum Gasteiger partial charge on any atom is -0.384 e. The molecule has 0 aliphatic rings. The summed E-state index contributed by atoms with van der Waals surface area (Å²) in [6.45, 7) is 0.663. The molecule has 26 heavy (non-hydrogen) atoms. The fraction of sp³-hybridized carbons (Fsp3) is 0.389. The van der Waals surface area contributed by atoms with E-state index in [-0.39, 0.29) is 29.9 Å². The van der Waals surface area contributed by atoms with E-state index in [0.29, 0.717) is 18.5 Å². The lowest BCUT2D eigenvalue weighted by Crippen LogP contribution is -2.15. The summed E-state index contributed by atoms with van der Waals surface area (Å²) in [6, 6.07) is 4.30. The molecule has 0 atom stereocenters. The summed E-state index contributed by atoms with van der Waals surface area (Å²) in [5.41, 5.74) is 5.33. The number of rotatable bonds is 6. The number of halogens is 5. The maximum absolute atomic E-state index is 14.0. The van der Waals surface area contributed by atoms with Gasteiger partial charge in [0.1, 0.15) is 5.82 Å². The molecule has 0 unspecified atom stereocenters. The molecule has 0 aliphatic carbocycles. The number of anilines is 1. The highest BCUT2D eigenvalue weighted by atomic mass is 19.4. The van der Waals surface area contributed by atoms with E-state index in [9.17, 15) is 22.0 Å². The van der Waals surface area contributed by atoms with Gasteiger partial charge in [-0.1, -0.05) is 6.07 Å². The monoisotopic (exact) mass is 373 g/mol. The molecule has 0 spiro atoms. The molecule has 0 saturated heterocycles. The van der Waals surface area contributed by atoms with Crippen LogP contribution in [0, 0.1) is 11.6 Å². The molecule has 1 aromatic carbocycles. The molecule has 142 valence electrons. The summed E-state index contributed by atoms with van der Waals surface area (Å²) in [5.74, 6) is -2.22. The van der Waals surface area contributed by atoms with E-state index in [4.69, 9.17) is 5.73 Å². The van der Waals surface area contributed by atoms with E-state index >= 15 is 0 Å². The third-order valence-electron chi connectivity index (χ3n) is 3.89. The number of aromatic nitrogens is 1. The molecule has 2 N–H and O–H groups in total. The largest absolute Gasteiger partial charge is 0.416 e. The lowest BCUT2D eigenvalue weighted by Gasteiger charge is -2.12. The summed E-state index contributed by atoms with van der Waals surface area (Å²) in [4.78, 5) is 5.76. The van der Waals surface area contributed by atoms with Crippen molar-refractivity contribution in [1.29, 1.82) is 0 Å². The van der Waals surface area contributed by atoms with Crippen LogP contribution in [0.3, 0.4) is 0 Å². The van der Waals surface area contributed by atoms with Gasteiger partial charge in [-0.3, -0.25) is 0 Å². The molecule has 8 heteroatoms. The molecular weight excluding hydrogens is 353 g/mol. The van der Waals surface area contributed by atoms with Crippen LogP contribution in [0.5, 0.6) is 0 Å². The summed E-state index contributed by atoms with van der Waals surface area (Å²) in [6.07, 6.45) is -3.98. The summed E-state index contributed by atoms with van der Waals surface area (Å²) in [7, 11) is 3.73. The summed E-state index contributed by atoms with van der Waals surface area (Å²) in [5, 5.41) is 0.